The standard InChI is InChI=1S/C23H24N2O4/c1-23(2,27)17-11-9-16(10-12-17)15-25-21(26)20-8-5-13-24-22(20)29-19-7-4-6-18(14-19)28-3/h4-14,27H,15H2,1-3H3,(H,25,26). The molecule has 0 radical (unpaired) electrons. The van der Waals surface area contributed by atoms with Gasteiger partial charge in [0.1, 0.15) is 17.1 Å². The highest BCUT2D eigenvalue weighted by Crippen LogP contribution is 2.26. The number of nitrogens with zero attached hydrogens (tertiary/aromatic N) is 1. The molecule has 0 aliphatic rings. The fraction of sp³-hybridized carbons (Fsp3) is 0.217. The van der Waals surface area contributed by atoms with Crippen LogP contribution in [0.4, 0.5) is 0 Å². The van der Waals surface area contributed by atoms with E-state index in [1.165, 1.54) is 0 Å². The third kappa shape index (κ3) is 5.33. The number of benzene rings is 2. The van der Waals surface area contributed by atoms with E-state index in [0.29, 0.717) is 23.6 Å². The van der Waals surface area contributed by atoms with Crippen molar-refractivity contribution in [2.45, 2.75) is 26.0 Å². The van der Waals surface area contributed by atoms with Gasteiger partial charge in [-0.3, -0.25) is 4.79 Å². The molecule has 2 aromatic carbocycles. The Morgan fingerprint density at radius 3 is 2.48 bits per heavy atom. The Morgan fingerprint density at radius 1 is 1.07 bits per heavy atom. The van der Waals surface area contributed by atoms with E-state index in [1.54, 1.807) is 57.5 Å². The normalized spacial score (nSPS) is 11.0. The molecule has 2 N–H and O–H groups in total. The predicted molar refractivity (Wildman–Crippen MR) is 110 cm³/mol. The van der Waals surface area contributed by atoms with Crippen molar-refractivity contribution in [3.8, 4) is 17.4 Å². The van der Waals surface area contributed by atoms with Crippen LogP contribution in [0.15, 0.2) is 66.9 Å². The summed E-state index contributed by atoms with van der Waals surface area (Å²) in [5.74, 6) is 1.11. The molecule has 0 unspecified atom stereocenters. The quantitative estimate of drug-likeness (QED) is 0.634. The SMILES string of the molecule is COc1cccc(Oc2ncccc2C(=O)NCc2ccc(C(C)(C)O)cc2)c1. The first-order valence-corrected chi connectivity index (χ1v) is 9.24. The summed E-state index contributed by atoms with van der Waals surface area (Å²) in [5.41, 5.74) is 1.17. The number of ether oxygens (including phenoxy) is 2. The number of carbonyl (C=O) groups is 1. The van der Waals surface area contributed by atoms with Crippen molar-refractivity contribution in [3.05, 3.63) is 83.6 Å². The van der Waals surface area contributed by atoms with Gasteiger partial charge in [0.25, 0.3) is 5.91 Å². The summed E-state index contributed by atoms with van der Waals surface area (Å²) in [7, 11) is 1.58. The molecular formula is C23H24N2O4. The first kappa shape index (κ1) is 20.4. The van der Waals surface area contributed by atoms with Gasteiger partial charge in [-0.05, 0) is 49.2 Å². The van der Waals surface area contributed by atoms with E-state index in [1.807, 2.05) is 30.3 Å². The predicted octanol–water partition coefficient (Wildman–Crippen LogP) is 4.04. The third-order valence-electron chi connectivity index (χ3n) is 4.38. The van der Waals surface area contributed by atoms with Crippen molar-refractivity contribution in [3.63, 3.8) is 0 Å². The zero-order valence-corrected chi connectivity index (χ0v) is 16.7. The minimum Gasteiger partial charge on any atom is -0.497 e. The highest BCUT2D eigenvalue weighted by molar-refractivity contribution is 5.96. The van der Waals surface area contributed by atoms with Crippen molar-refractivity contribution in [1.29, 1.82) is 0 Å². The number of aliphatic hydroxyl groups is 1. The smallest absolute Gasteiger partial charge is 0.257 e. The highest BCUT2D eigenvalue weighted by atomic mass is 16.5. The molecule has 0 atom stereocenters. The second kappa shape index (κ2) is 8.75. The maximum atomic E-state index is 12.7. The van der Waals surface area contributed by atoms with Gasteiger partial charge < -0.3 is 19.9 Å². The molecule has 1 heterocycles. The van der Waals surface area contributed by atoms with Crippen molar-refractivity contribution < 1.29 is 19.4 Å². The Labute approximate surface area is 170 Å². The minimum atomic E-state index is -0.899. The summed E-state index contributed by atoms with van der Waals surface area (Å²) in [6.45, 7) is 3.81. The topological polar surface area (TPSA) is 80.7 Å². The fourth-order valence-electron chi connectivity index (χ4n) is 2.73. The number of nitrogens with one attached hydrogen (secondary N) is 1. The van der Waals surface area contributed by atoms with Crippen LogP contribution in [0.5, 0.6) is 17.4 Å². The van der Waals surface area contributed by atoms with Crippen LogP contribution in [0.3, 0.4) is 0 Å². The maximum absolute atomic E-state index is 12.7. The fourth-order valence-corrected chi connectivity index (χ4v) is 2.73. The molecule has 1 amide bonds. The second-order valence-corrected chi connectivity index (χ2v) is 7.08. The van der Waals surface area contributed by atoms with Crippen LogP contribution in [0.1, 0.15) is 35.3 Å². The maximum Gasteiger partial charge on any atom is 0.257 e. The molecule has 0 bridgehead atoms. The Kier molecular flexibility index (Phi) is 6.14. The molecule has 1 aromatic heterocycles. The lowest BCUT2D eigenvalue weighted by molar-refractivity contribution is 0.0785. The van der Waals surface area contributed by atoms with Crippen molar-refractivity contribution >= 4 is 5.91 Å². The molecule has 0 aliphatic heterocycles. The van der Waals surface area contributed by atoms with Gasteiger partial charge in [-0.15, -0.1) is 0 Å². The first-order valence-electron chi connectivity index (χ1n) is 9.24. The Bertz CT molecular complexity index is 979. The molecule has 0 saturated carbocycles. The molecule has 6 heteroatoms. The average Bonchev–Trinajstić information content (AvgIpc) is 2.72. The second-order valence-electron chi connectivity index (χ2n) is 7.08. The molecule has 0 aliphatic carbocycles. The molecule has 29 heavy (non-hydrogen) atoms. The number of methoxy groups -OCH3 is 1. The summed E-state index contributed by atoms with van der Waals surface area (Å²) < 4.78 is 11.0. The average molecular weight is 392 g/mol. The molecule has 150 valence electrons. The Balaban J connectivity index is 1.69. The van der Waals surface area contributed by atoms with Gasteiger partial charge in [0, 0.05) is 18.8 Å². The van der Waals surface area contributed by atoms with E-state index >= 15 is 0 Å². The highest BCUT2D eigenvalue weighted by Gasteiger charge is 2.16. The van der Waals surface area contributed by atoms with Crippen molar-refractivity contribution in [2.24, 2.45) is 0 Å². The summed E-state index contributed by atoms with van der Waals surface area (Å²) in [5, 5.41) is 12.9. The minimum absolute atomic E-state index is 0.218. The number of hydrogen-bond acceptors (Lipinski definition) is 5. The summed E-state index contributed by atoms with van der Waals surface area (Å²) in [6.07, 6.45) is 1.57. The summed E-state index contributed by atoms with van der Waals surface area (Å²) >= 11 is 0. The van der Waals surface area contributed by atoms with Gasteiger partial charge >= 0.3 is 0 Å². The van der Waals surface area contributed by atoms with Gasteiger partial charge in [0.2, 0.25) is 5.88 Å². The monoisotopic (exact) mass is 392 g/mol. The van der Waals surface area contributed by atoms with Gasteiger partial charge in [-0.2, -0.15) is 0 Å². The zero-order valence-electron chi connectivity index (χ0n) is 16.7. The third-order valence-corrected chi connectivity index (χ3v) is 4.38. The number of hydrogen-bond donors (Lipinski definition) is 2. The molecular weight excluding hydrogens is 368 g/mol. The Morgan fingerprint density at radius 2 is 1.79 bits per heavy atom. The van der Waals surface area contributed by atoms with Crippen molar-refractivity contribution in [1.82, 2.24) is 10.3 Å². The molecule has 0 saturated heterocycles. The van der Waals surface area contributed by atoms with Gasteiger partial charge in [-0.25, -0.2) is 4.98 Å². The number of rotatable bonds is 7. The van der Waals surface area contributed by atoms with E-state index in [9.17, 15) is 9.90 Å². The molecule has 0 spiro atoms. The van der Waals surface area contributed by atoms with E-state index in [4.69, 9.17) is 9.47 Å². The number of aromatic nitrogens is 1. The molecule has 3 aromatic rings. The van der Waals surface area contributed by atoms with Crippen LogP contribution in [0.25, 0.3) is 0 Å². The molecule has 6 nitrogen and oxygen atoms in total. The lowest BCUT2D eigenvalue weighted by atomic mass is 9.97. The first-order chi connectivity index (χ1) is 13.9. The molecule has 0 fully saturated rings. The van der Waals surface area contributed by atoms with Gasteiger partial charge in [-0.1, -0.05) is 30.3 Å². The largest absolute Gasteiger partial charge is 0.497 e. The van der Waals surface area contributed by atoms with E-state index in [0.717, 1.165) is 11.1 Å². The van der Waals surface area contributed by atoms with Gasteiger partial charge in [0.15, 0.2) is 0 Å². The number of carbonyl (C=O) groups excluding carboxylic acids is 1. The molecule has 3 rings (SSSR count). The van der Waals surface area contributed by atoms with Crippen LogP contribution in [0.2, 0.25) is 0 Å². The van der Waals surface area contributed by atoms with E-state index in [-0.39, 0.29) is 11.8 Å². The van der Waals surface area contributed by atoms with Crippen LogP contribution in [-0.2, 0) is 12.1 Å². The van der Waals surface area contributed by atoms with Gasteiger partial charge in [0.05, 0.1) is 12.7 Å². The Hall–Kier alpha value is -3.38. The number of amides is 1. The lowest BCUT2D eigenvalue weighted by Crippen LogP contribution is -2.23. The van der Waals surface area contributed by atoms with Crippen LogP contribution >= 0.6 is 0 Å². The van der Waals surface area contributed by atoms with Crippen LogP contribution < -0.4 is 14.8 Å². The van der Waals surface area contributed by atoms with E-state index < -0.39 is 5.60 Å². The van der Waals surface area contributed by atoms with Crippen LogP contribution in [-0.4, -0.2) is 23.1 Å². The van der Waals surface area contributed by atoms with E-state index in [2.05, 4.69) is 10.3 Å². The summed E-state index contributed by atoms with van der Waals surface area (Å²) in [4.78, 5) is 16.9. The zero-order chi connectivity index (χ0) is 20.9. The van der Waals surface area contributed by atoms with Crippen molar-refractivity contribution in [2.75, 3.05) is 7.11 Å². The number of pyridine rings is 1. The summed E-state index contributed by atoms with van der Waals surface area (Å²) in [6, 6.07) is 17.9. The lowest BCUT2D eigenvalue weighted by Gasteiger charge is -2.18. The van der Waals surface area contributed by atoms with Crippen LogP contribution in [0, 0.1) is 0 Å².